The normalized spacial score (nSPS) is 11.1. The van der Waals surface area contributed by atoms with E-state index in [-0.39, 0.29) is 5.97 Å². The van der Waals surface area contributed by atoms with Gasteiger partial charge in [0.1, 0.15) is 18.0 Å². The molecule has 28 heavy (non-hydrogen) atoms. The van der Waals surface area contributed by atoms with Crippen LogP contribution in [0.1, 0.15) is 42.3 Å². The zero-order chi connectivity index (χ0) is 20.6. The number of hydrogen-bond acceptors (Lipinski definition) is 6. The van der Waals surface area contributed by atoms with Gasteiger partial charge in [-0.1, -0.05) is 24.3 Å². The molecule has 0 unspecified atom stereocenters. The molecule has 1 amide bonds. The summed E-state index contributed by atoms with van der Waals surface area (Å²) in [4.78, 5) is 23.1. The first-order chi connectivity index (χ1) is 13.3. The Hall–Kier alpha value is -3.35. The van der Waals surface area contributed by atoms with Gasteiger partial charge in [0.2, 0.25) is 0 Å². The van der Waals surface area contributed by atoms with Gasteiger partial charge in [0.25, 0.3) is 0 Å². The lowest BCUT2D eigenvalue weighted by Gasteiger charge is -2.18. The average Bonchev–Trinajstić information content (AvgIpc) is 2.65. The molecule has 0 radical (unpaired) electrons. The van der Waals surface area contributed by atoms with Crippen molar-refractivity contribution < 1.29 is 23.8 Å². The number of hydrogen-bond donors (Lipinski definition) is 1. The van der Waals surface area contributed by atoms with E-state index in [9.17, 15) is 9.59 Å². The van der Waals surface area contributed by atoms with Gasteiger partial charge < -0.3 is 14.2 Å². The van der Waals surface area contributed by atoms with Crippen molar-refractivity contribution >= 4 is 18.3 Å². The van der Waals surface area contributed by atoms with Gasteiger partial charge in [0, 0.05) is 5.56 Å². The molecule has 2 aromatic carbocycles. The molecule has 0 spiro atoms. The highest BCUT2D eigenvalue weighted by molar-refractivity contribution is 5.89. The molecule has 0 saturated heterocycles. The van der Waals surface area contributed by atoms with Crippen molar-refractivity contribution in [1.29, 1.82) is 0 Å². The van der Waals surface area contributed by atoms with Crippen LogP contribution < -0.4 is 10.2 Å². The SMILES string of the molecule is COC(=O)c1ccc(COc2ccccc2/C=N\NC(=O)OC(C)(C)C)cc1. The van der Waals surface area contributed by atoms with Gasteiger partial charge in [-0.15, -0.1) is 0 Å². The number of methoxy groups -OCH3 is 1. The summed E-state index contributed by atoms with van der Waals surface area (Å²) < 4.78 is 15.6. The van der Waals surface area contributed by atoms with E-state index < -0.39 is 11.7 Å². The minimum absolute atomic E-state index is 0.311. The lowest BCUT2D eigenvalue weighted by Crippen LogP contribution is -2.29. The molecule has 7 heteroatoms. The van der Waals surface area contributed by atoms with E-state index in [4.69, 9.17) is 9.47 Å². The Labute approximate surface area is 164 Å². The molecule has 7 nitrogen and oxygen atoms in total. The van der Waals surface area contributed by atoms with Gasteiger partial charge in [0.05, 0.1) is 18.9 Å². The second kappa shape index (κ2) is 9.55. The van der Waals surface area contributed by atoms with Crippen molar-refractivity contribution in [2.45, 2.75) is 33.0 Å². The zero-order valence-electron chi connectivity index (χ0n) is 16.4. The zero-order valence-corrected chi connectivity index (χ0v) is 16.4. The Morgan fingerprint density at radius 3 is 2.39 bits per heavy atom. The minimum Gasteiger partial charge on any atom is -0.488 e. The highest BCUT2D eigenvalue weighted by Crippen LogP contribution is 2.18. The number of nitrogens with zero attached hydrogens (tertiary/aromatic N) is 1. The molecule has 1 N–H and O–H groups in total. The number of benzene rings is 2. The first-order valence-corrected chi connectivity index (χ1v) is 8.69. The molecule has 0 aliphatic carbocycles. The van der Waals surface area contributed by atoms with Crippen LogP contribution in [0.5, 0.6) is 5.75 Å². The van der Waals surface area contributed by atoms with E-state index in [1.54, 1.807) is 51.1 Å². The van der Waals surface area contributed by atoms with Crippen LogP contribution in [0.3, 0.4) is 0 Å². The minimum atomic E-state index is -0.632. The smallest absolute Gasteiger partial charge is 0.428 e. The number of amides is 1. The lowest BCUT2D eigenvalue weighted by molar-refractivity contribution is 0.0528. The van der Waals surface area contributed by atoms with Crippen LogP contribution in [0.4, 0.5) is 4.79 Å². The van der Waals surface area contributed by atoms with Crippen LogP contribution in [0.25, 0.3) is 0 Å². The maximum absolute atomic E-state index is 11.6. The first-order valence-electron chi connectivity index (χ1n) is 8.69. The largest absolute Gasteiger partial charge is 0.488 e. The van der Waals surface area contributed by atoms with Gasteiger partial charge in [-0.25, -0.2) is 15.0 Å². The molecule has 148 valence electrons. The predicted octanol–water partition coefficient (Wildman–Crippen LogP) is 3.91. The molecule has 0 heterocycles. The van der Waals surface area contributed by atoms with Crippen LogP contribution in [0, 0.1) is 0 Å². The lowest BCUT2D eigenvalue weighted by atomic mass is 10.1. The van der Waals surface area contributed by atoms with Crippen LogP contribution >= 0.6 is 0 Å². The molecule has 0 aliphatic heterocycles. The van der Waals surface area contributed by atoms with Gasteiger partial charge in [0.15, 0.2) is 0 Å². The summed E-state index contributed by atoms with van der Waals surface area (Å²) in [5.74, 6) is 0.223. The third-order valence-electron chi connectivity index (χ3n) is 3.45. The van der Waals surface area contributed by atoms with Crippen LogP contribution in [-0.2, 0) is 16.1 Å². The third kappa shape index (κ3) is 6.75. The maximum atomic E-state index is 11.6. The molecule has 2 rings (SSSR count). The number of esters is 1. The summed E-state index contributed by atoms with van der Waals surface area (Å²) in [7, 11) is 1.34. The fourth-order valence-electron chi connectivity index (χ4n) is 2.19. The summed E-state index contributed by atoms with van der Waals surface area (Å²) in [5, 5.41) is 3.90. The van der Waals surface area contributed by atoms with Gasteiger partial charge in [-0.2, -0.15) is 5.10 Å². The molecule has 0 bridgehead atoms. The number of carbonyl (C=O) groups excluding carboxylic acids is 2. The number of para-hydroxylation sites is 1. The van der Waals surface area contributed by atoms with Gasteiger partial charge in [-0.3, -0.25) is 0 Å². The Balaban J connectivity index is 1.97. The number of ether oxygens (including phenoxy) is 3. The molecule has 2 aromatic rings. The second-order valence-electron chi connectivity index (χ2n) is 6.89. The molecule has 0 aromatic heterocycles. The molecular formula is C21H24N2O5. The Kier molecular flexibility index (Phi) is 7.14. The van der Waals surface area contributed by atoms with Crippen molar-refractivity contribution in [3.63, 3.8) is 0 Å². The van der Waals surface area contributed by atoms with E-state index in [0.29, 0.717) is 23.5 Å². The topological polar surface area (TPSA) is 86.2 Å². The second-order valence-corrected chi connectivity index (χ2v) is 6.89. The highest BCUT2D eigenvalue weighted by Gasteiger charge is 2.15. The Bertz CT molecular complexity index is 839. The first kappa shape index (κ1) is 21.0. The van der Waals surface area contributed by atoms with E-state index in [1.165, 1.54) is 13.3 Å². The number of rotatable bonds is 6. The quantitative estimate of drug-likeness (QED) is 0.464. The maximum Gasteiger partial charge on any atom is 0.428 e. The fraction of sp³-hybridized carbons (Fsp3) is 0.286. The summed E-state index contributed by atoms with van der Waals surface area (Å²) in [6, 6.07) is 14.3. The summed E-state index contributed by atoms with van der Waals surface area (Å²) in [6.07, 6.45) is 0.854. The molecule has 0 aliphatic rings. The van der Waals surface area contributed by atoms with Crippen molar-refractivity contribution in [1.82, 2.24) is 5.43 Å². The number of carbonyl (C=O) groups is 2. The predicted molar refractivity (Wildman–Crippen MR) is 106 cm³/mol. The Morgan fingerprint density at radius 2 is 1.75 bits per heavy atom. The van der Waals surface area contributed by atoms with Gasteiger partial charge in [-0.05, 0) is 50.6 Å². The Morgan fingerprint density at radius 1 is 1.07 bits per heavy atom. The number of hydrazone groups is 1. The molecule has 0 fully saturated rings. The molecular weight excluding hydrogens is 360 g/mol. The van der Waals surface area contributed by atoms with E-state index >= 15 is 0 Å². The highest BCUT2D eigenvalue weighted by atomic mass is 16.6. The van der Waals surface area contributed by atoms with Crippen LogP contribution in [-0.4, -0.2) is 31.0 Å². The summed E-state index contributed by atoms with van der Waals surface area (Å²) in [5.41, 5.74) is 3.80. The fourth-order valence-corrected chi connectivity index (χ4v) is 2.19. The van der Waals surface area contributed by atoms with Crippen LogP contribution in [0.2, 0.25) is 0 Å². The molecule has 0 saturated carbocycles. The van der Waals surface area contributed by atoms with Crippen LogP contribution in [0.15, 0.2) is 53.6 Å². The average molecular weight is 384 g/mol. The standard InChI is InChI=1S/C21H24N2O5/c1-21(2,3)28-20(25)23-22-13-17-7-5-6-8-18(17)27-14-15-9-11-16(12-10-15)19(24)26-4/h5-13H,14H2,1-4H3,(H,23,25)/b22-13-. The number of nitrogens with one attached hydrogen (secondary N) is 1. The molecule has 0 atom stereocenters. The van der Waals surface area contributed by atoms with Crippen molar-refractivity contribution in [2.75, 3.05) is 7.11 Å². The van der Waals surface area contributed by atoms with Gasteiger partial charge >= 0.3 is 12.1 Å². The summed E-state index contributed by atoms with van der Waals surface area (Å²) in [6.45, 7) is 5.64. The van der Waals surface area contributed by atoms with Crippen molar-refractivity contribution in [3.8, 4) is 5.75 Å². The summed E-state index contributed by atoms with van der Waals surface area (Å²) >= 11 is 0. The van der Waals surface area contributed by atoms with Crippen molar-refractivity contribution in [3.05, 3.63) is 65.2 Å². The third-order valence-corrected chi connectivity index (χ3v) is 3.45. The monoisotopic (exact) mass is 384 g/mol. The van der Waals surface area contributed by atoms with E-state index in [2.05, 4.69) is 15.3 Å². The van der Waals surface area contributed by atoms with E-state index in [0.717, 1.165) is 5.56 Å². The van der Waals surface area contributed by atoms with Crippen molar-refractivity contribution in [2.24, 2.45) is 5.10 Å². The van der Waals surface area contributed by atoms with E-state index in [1.807, 2.05) is 18.2 Å².